The molecule has 0 radical (unpaired) electrons. The Labute approximate surface area is 92.2 Å². The SMILES string of the molecule is CCOC(=O)C(CC)C(CC)C(=O)CC. The lowest BCUT2D eigenvalue weighted by Crippen LogP contribution is -2.30. The highest BCUT2D eigenvalue weighted by Crippen LogP contribution is 2.23. The quantitative estimate of drug-likeness (QED) is 0.612. The number of ether oxygens (including phenoxy) is 1. The van der Waals surface area contributed by atoms with E-state index >= 15 is 0 Å². The van der Waals surface area contributed by atoms with Crippen molar-refractivity contribution in [1.29, 1.82) is 0 Å². The van der Waals surface area contributed by atoms with Gasteiger partial charge in [-0.05, 0) is 19.8 Å². The van der Waals surface area contributed by atoms with Crippen LogP contribution in [0.3, 0.4) is 0 Å². The third kappa shape index (κ3) is 4.02. The number of esters is 1. The number of carbonyl (C=O) groups excluding carboxylic acids is 2. The average molecular weight is 214 g/mol. The number of Topliss-reactive ketones (excluding diaryl/α,β-unsaturated/α-hetero) is 1. The van der Waals surface area contributed by atoms with E-state index in [1.807, 2.05) is 20.8 Å². The van der Waals surface area contributed by atoms with E-state index in [0.717, 1.165) is 0 Å². The van der Waals surface area contributed by atoms with Gasteiger partial charge in [0, 0.05) is 12.3 Å². The summed E-state index contributed by atoms with van der Waals surface area (Å²) in [5.74, 6) is -0.493. The fraction of sp³-hybridized carbons (Fsp3) is 0.833. The standard InChI is InChI=1S/C12H22O3/c1-5-9(11(13)7-3)10(6-2)12(14)15-8-4/h9-10H,5-8H2,1-4H3. The summed E-state index contributed by atoms with van der Waals surface area (Å²) in [7, 11) is 0. The molecule has 0 aliphatic carbocycles. The average Bonchev–Trinajstić information content (AvgIpc) is 2.24. The summed E-state index contributed by atoms with van der Waals surface area (Å²) in [6.07, 6.45) is 1.88. The van der Waals surface area contributed by atoms with Crippen LogP contribution in [0.5, 0.6) is 0 Å². The number of rotatable bonds is 7. The maximum atomic E-state index is 11.6. The van der Waals surface area contributed by atoms with Crippen molar-refractivity contribution < 1.29 is 14.3 Å². The number of hydrogen-bond donors (Lipinski definition) is 0. The number of carbonyl (C=O) groups is 2. The molecule has 0 saturated carbocycles. The molecule has 15 heavy (non-hydrogen) atoms. The van der Waals surface area contributed by atoms with E-state index in [2.05, 4.69) is 0 Å². The number of ketones is 1. The van der Waals surface area contributed by atoms with Crippen molar-refractivity contribution in [3.05, 3.63) is 0 Å². The zero-order valence-electron chi connectivity index (χ0n) is 10.2. The van der Waals surface area contributed by atoms with Gasteiger partial charge in [0.2, 0.25) is 0 Å². The Balaban J connectivity index is 4.60. The van der Waals surface area contributed by atoms with E-state index < -0.39 is 0 Å². The normalized spacial score (nSPS) is 14.4. The molecule has 0 heterocycles. The minimum atomic E-state index is -0.262. The van der Waals surface area contributed by atoms with Gasteiger partial charge in [0.1, 0.15) is 5.78 Å². The fourth-order valence-corrected chi connectivity index (χ4v) is 1.86. The molecule has 0 fully saturated rings. The first-order chi connectivity index (χ1) is 7.12. The number of hydrogen-bond acceptors (Lipinski definition) is 3. The van der Waals surface area contributed by atoms with Crippen LogP contribution in [0.15, 0.2) is 0 Å². The van der Waals surface area contributed by atoms with Crippen molar-refractivity contribution >= 4 is 11.8 Å². The second-order valence-corrected chi connectivity index (χ2v) is 3.60. The summed E-state index contributed by atoms with van der Waals surface area (Å²) >= 11 is 0. The predicted octanol–water partition coefficient (Wildman–Crippen LogP) is 2.58. The molecule has 0 aromatic carbocycles. The summed E-state index contributed by atoms with van der Waals surface area (Å²) in [5, 5.41) is 0. The second kappa shape index (κ2) is 7.43. The van der Waals surface area contributed by atoms with Crippen LogP contribution >= 0.6 is 0 Å². The molecule has 0 aromatic rings. The summed E-state index contributed by atoms with van der Waals surface area (Å²) in [6, 6.07) is 0. The van der Waals surface area contributed by atoms with Gasteiger partial charge in [-0.3, -0.25) is 9.59 Å². The zero-order valence-corrected chi connectivity index (χ0v) is 10.2. The molecular formula is C12H22O3. The van der Waals surface area contributed by atoms with E-state index in [1.165, 1.54) is 0 Å². The van der Waals surface area contributed by atoms with Crippen LogP contribution in [0.25, 0.3) is 0 Å². The van der Waals surface area contributed by atoms with Gasteiger partial charge in [0.05, 0.1) is 12.5 Å². The maximum absolute atomic E-state index is 11.6. The van der Waals surface area contributed by atoms with Crippen molar-refractivity contribution in [1.82, 2.24) is 0 Å². The van der Waals surface area contributed by atoms with Crippen LogP contribution in [0.4, 0.5) is 0 Å². The highest BCUT2D eigenvalue weighted by atomic mass is 16.5. The van der Waals surface area contributed by atoms with E-state index in [0.29, 0.717) is 25.9 Å². The van der Waals surface area contributed by atoms with Crippen LogP contribution in [0.1, 0.15) is 47.0 Å². The van der Waals surface area contributed by atoms with Gasteiger partial charge in [-0.1, -0.05) is 20.8 Å². The van der Waals surface area contributed by atoms with Crippen LogP contribution in [-0.4, -0.2) is 18.4 Å². The Hall–Kier alpha value is -0.860. The molecule has 0 spiro atoms. The van der Waals surface area contributed by atoms with Gasteiger partial charge in [0.15, 0.2) is 0 Å². The Morgan fingerprint density at radius 1 is 1.00 bits per heavy atom. The minimum Gasteiger partial charge on any atom is -0.466 e. The monoisotopic (exact) mass is 214 g/mol. The van der Waals surface area contributed by atoms with E-state index in [-0.39, 0.29) is 23.6 Å². The second-order valence-electron chi connectivity index (χ2n) is 3.60. The molecule has 0 bridgehead atoms. The molecule has 2 atom stereocenters. The van der Waals surface area contributed by atoms with Gasteiger partial charge < -0.3 is 4.74 Å². The predicted molar refractivity (Wildman–Crippen MR) is 59.5 cm³/mol. The lowest BCUT2D eigenvalue weighted by atomic mass is 9.84. The first kappa shape index (κ1) is 14.1. The third-order valence-corrected chi connectivity index (χ3v) is 2.72. The van der Waals surface area contributed by atoms with Crippen molar-refractivity contribution in [2.24, 2.45) is 11.8 Å². The molecule has 3 heteroatoms. The molecule has 3 nitrogen and oxygen atoms in total. The van der Waals surface area contributed by atoms with Gasteiger partial charge in [0.25, 0.3) is 0 Å². The molecular weight excluding hydrogens is 192 g/mol. The summed E-state index contributed by atoms with van der Waals surface area (Å²) in [5.41, 5.74) is 0. The third-order valence-electron chi connectivity index (χ3n) is 2.72. The highest BCUT2D eigenvalue weighted by molar-refractivity contribution is 5.86. The molecule has 0 saturated heterocycles. The maximum Gasteiger partial charge on any atom is 0.309 e. The molecule has 0 aliphatic rings. The Morgan fingerprint density at radius 2 is 1.53 bits per heavy atom. The Kier molecular flexibility index (Phi) is 7.01. The lowest BCUT2D eigenvalue weighted by Gasteiger charge is -2.21. The topological polar surface area (TPSA) is 43.4 Å². The largest absolute Gasteiger partial charge is 0.466 e. The van der Waals surface area contributed by atoms with Gasteiger partial charge in [-0.2, -0.15) is 0 Å². The van der Waals surface area contributed by atoms with Gasteiger partial charge in [-0.25, -0.2) is 0 Å². The Bertz CT molecular complexity index is 211. The minimum absolute atomic E-state index is 0.164. The molecule has 0 aromatic heterocycles. The van der Waals surface area contributed by atoms with Gasteiger partial charge in [-0.15, -0.1) is 0 Å². The van der Waals surface area contributed by atoms with Crippen LogP contribution < -0.4 is 0 Å². The first-order valence-corrected chi connectivity index (χ1v) is 5.81. The molecule has 0 N–H and O–H groups in total. The fourth-order valence-electron chi connectivity index (χ4n) is 1.86. The zero-order chi connectivity index (χ0) is 11.8. The molecule has 2 unspecified atom stereocenters. The smallest absolute Gasteiger partial charge is 0.309 e. The van der Waals surface area contributed by atoms with Crippen molar-refractivity contribution in [2.75, 3.05) is 6.61 Å². The van der Waals surface area contributed by atoms with Crippen molar-refractivity contribution in [2.45, 2.75) is 47.0 Å². The highest BCUT2D eigenvalue weighted by Gasteiger charge is 2.30. The molecule has 0 amide bonds. The van der Waals surface area contributed by atoms with Crippen LogP contribution in [0, 0.1) is 11.8 Å². The van der Waals surface area contributed by atoms with E-state index in [1.54, 1.807) is 6.92 Å². The first-order valence-electron chi connectivity index (χ1n) is 5.81. The van der Waals surface area contributed by atoms with E-state index in [9.17, 15) is 9.59 Å². The molecule has 0 aliphatic heterocycles. The van der Waals surface area contributed by atoms with Crippen LogP contribution in [0.2, 0.25) is 0 Å². The lowest BCUT2D eigenvalue weighted by molar-refractivity contribution is -0.152. The van der Waals surface area contributed by atoms with Gasteiger partial charge >= 0.3 is 5.97 Å². The summed E-state index contributed by atoms with van der Waals surface area (Å²) in [4.78, 5) is 23.3. The molecule has 88 valence electrons. The van der Waals surface area contributed by atoms with Crippen molar-refractivity contribution in [3.63, 3.8) is 0 Å². The van der Waals surface area contributed by atoms with Crippen LogP contribution in [-0.2, 0) is 14.3 Å². The Morgan fingerprint density at radius 3 is 1.87 bits per heavy atom. The van der Waals surface area contributed by atoms with Crippen molar-refractivity contribution in [3.8, 4) is 0 Å². The molecule has 0 rings (SSSR count). The van der Waals surface area contributed by atoms with E-state index in [4.69, 9.17) is 4.74 Å². The summed E-state index contributed by atoms with van der Waals surface area (Å²) in [6.45, 7) is 7.87. The summed E-state index contributed by atoms with van der Waals surface area (Å²) < 4.78 is 4.98.